The number of aromatic nitrogens is 3. The summed E-state index contributed by atoms with van der Waals surface area (Å²) in [7, 11) is 0. The number of aryl methyl sites for hydroxylation is 1. The summed E-state index contributed by atoms with van der Waals surface area (Å²) in [5.74, 6) is 1.08. The van der Waals surface area contributed by atoms with E-state index in [0.29, 0.717) is 0 Å². The van der Waals surface area contributed by atoms with Crippen LogP contribution in [0.1, 0.15) is 12.7 Å². The third-order valence-electron chi connectivity index (χ3n) is 2.61. The minimum atomic E-state index is 0.926. The lowest BCUT2D eigenvalue weighted by Gasteiger charge is -2.26. The van der Waals surface area contributed by atoms with Crippen molar-refractivity contribution in [1.29, 1.82) is 0 Å². The Hall–Kier alpha value is -0.940. The molecule has 0 radical (unpaired) electrons. The van der Waals surface area contributed by atoms with E-state index < -0.39 is 0 Å². The van der Waals surface area contributed by atoms with Crippen LogP contribution < -0.4 is 5.32 Å². The van der Waals surface area contributed by atoms with Gasteiger partial charge in [-0.1, -0.05) is 0 Å². The molecule has 1 aromatic heterocycles. The van der Waals surface area contributed by atoms with Crippen molar-refractivity contribution >= 4 is 0 Å². The van der Waals surface area contributed by atoms with Crippen LogP contribution in [0.25, 0.3) is 0 Å². The summed E-state index contributed by atoms with van der Waals surface area (Å²) < 4.78 is 2.10. The Kier molecular flexibility index (Phi) is 3.10. The highest BCUT2D eigenvalue weighted by molar-refractivity contribution is 4.86. The molecule has 5 heteroatoms. The monoisotopic (exact) mass is 195 g/mol. The van der Waals surface area contributed by atoms with Crippen molar-refractivity contribution in [3.8, 4) is 0 Å². The van der Waals surface area contributed by atoms with Crippen LogP contribution in [0, 0.1) is 0 Å². The Morgan fingerprint density at radius 1 is 1.43 bits per heavy atom. The first kappa shape index (κ1) is 9.61. The molecule has 0 spiro atoms. The lowest BCUT2D eigenvalue weighted by atomic mass is 10.3. The van der Waals surface area contributed by atoms with E-state index in [1.54, 1.807) is 6.33 Å². The lowest BCUT2D eigenvalue weighted by Crippen LogP contribution is -2.43. The number of piperazine rings is 1. The fourth-order valence-corrected chi connectivity index (χ4v) is 1.73. The zero-order valence-corrected chi connectivity index (χ0v) is 8.61. The van der Waals surface area contributed by atoms with Crippen LogP contribution in [0.2, 0.25) is 0 Å². The van der Waals surface area contributed by atoms with E-state index in [9.17, 15) is 0 Å². The zero-order valence-electron chi connectivity index (χ0n) is 8.61. The molecular weight excluding hydrogens is 178 g/mol. The van der Waals surface area contributed by atoms with Gasteiger partial charge in [-0.3, -0.25) is 4.90 Å². The molecule has 0 atom stereocenters. The fourth-order valence-electron chi connectivity index (χ4n) is 1.73. The first-order chi connectivity index (χ1) is 6.90. The molecule has 78 valence electrons. The molecule has 1 N–H and O–H groups in total. The fraction of sp³-hybridized carbons (Fsp3) is 0.778. The first-order valence-corrected chi connectivity index (χ1v) is 5.20. The summed E-state index contributed by atoms with van der Waals surface area (Å²) in [5.41, 5.74) is 0. The first-order valence-electron chi connectivity index (χ1n) is 5.20. The van der Waals surface area contributed by atoms with E-state index in [-0.39, 0.29) is 0 Å². The Labute approximate surface area is 84.1 Å². The maximum atomic E-state index is 4.13. The van der Waals surface area contributed by atoms with Crippen molar-refractivity contribution in [3.05, 3.63) is 12.2 Å². The second kappa shape index (κ2) is 4.52. The van der Waals surface area contributed by atoms with Gasteiger partial charge >= 0.3 is 0 Å². The maximum absolute atomic E-state index is 4.13. The molecule has 1 fully saturated rings. The molecule has 5 nitrogen and oxygen atoms in total. The van der Waals surface area contributed by atoms with Gasteiger partial charge in [-0.2, -0.15) is 0 Å². The van der Waals surface area contributed by atoms with Gasteiger partial charge in [0, 0.05) is 32.7 Å². The van der Waals surface area contributed by atoms with E-state index in [2.05, 4.69) is 31.9 Å². The summed E-state index contributed by atoms with van der Waals surface area (Å²) >= 11 is 0. The average molecular weight is 195 g/mol. The number of rotatable bonds is 3. The quantitative estimate of drug-likeness (QED) is 0.719. The van der Waals surface area contributed by atoms with Crippen molar-refractivity contribution in [2.45, 2.75) is 20.0 Å². The highest BCUT2D eigenvalue weighted by atomic mass is 15.3. The van der Waals surface area contributed by atoms with Crippen LogP contribution >= 0.6 is 0 Å². The molecule has 0 saturated carbocycles. The molecular formula is C9H17N5. The minimum absolute atomic E-state index is 0.926. The molecule has 14 heavy (non-hydrogen) atoms. The normalized spacial score (nSPS) is 18.6. The molecule has 0 bridgehead atoms. The van der Waals surface area contributed by atoms with Gasteiger partial charge in [0.05, 0.1) is 6.54 Å². The van der Waals surface area contributed by atoms with Crippen LogP contribution in [-0.4, -0.2) is 45.8 Å². The summed E-state index contributed by atoms with van der Waals surface area (Å²) in [5, 5.41) is 11.4. The molecule has 0 aromatic carbocycles. The van der Waals surface area contributed by atoms with E-state index in [1.165, 1.54) is 0 Å². The second-order valence-corrected chi connectivity index (χ2v) is 3.56. The Balaban J connectivity index is 1.95. The third-order valence-corrected chi connectivity index (χ3v) is 2.61. The van der Waals surface area contributed by atoms with E-state index in [0.717, 1.165) is 45.1 Å². The molecule has 1 aliphatic rings. The van der Waals surface area contributed by atoms with Crippen molar-refractivity contribution in [3.63, 3.8) is 0 Å². The SMILES string of the molecule is CCn1cnnc1CN1CCNCC1. The standard InChI is InChI=1S/C9H17N5/c1-2-14-8-11-12-9(14)7-13-5-3-10-4-6-13/h8,10H,2-7H2,1H3. The molecule has 0 amide bonds. The van der Waals surface area contributed by atoms with Gasteiger partial charge in [0.1, 0.15) is 12.2 Å². The maximum Gasteiger partial charge on any atom is 0.146 e. The topological polar surface area (TPSA) is 46.0 Å². The zero-order chi connectivity index (χ0) is 9.80. The Bertz CT molecular complexity index is 276. The van der Waals surface area contributed by atoms with Gasteiger partial charge in [0.2, 0.25) is 0 Å². The number of hydrogen-bond acceptors (Lipinski definition) is 4. The summed E-state index contributed by atoms with van der Waals surface area (Å²) in [6, 6.07) is 0. The summed E-state index contributed by atoms with van der Waals surface area (Å²) in [6.07, 6.45) is 1.80. The van der Waals surface area contributed by atoms with Crippen molar-refractivity contribution in [2.24, 2.45) is 0 Å². The predicted molar refractivity (Wildman–Crippen MR) is 53.8 cm³/mol. The molecule has 1 aromatic rings. The molecule has 0 unspecified atom stereocenters. The second-order valence-electron chi connectivity index (χ2n) is 3.56. The van der Waals surface area contributed by atoms with Crippen LogP contribution in [0.4, 0.5) is 0 Å². The van der Waals surface area contributed by atoms with Crippen LogP contribution in [0.15, 0.2) is 6.33 Å². The van der Waals surface area contributed by atoms with Crippen LogP contribution in [0.5, 0.6) is 0 Å². The van der Waals surface area contributed by atoms with E-state index >= 15 is 0 Å². The van der Waals surface area contributed by atoms with Gasteiger partial charge in [0.15, 0.2) is 0 Å². The molecule has 1 saturated heterocycles. The third kappa shape index (κ3) is 2.10. The van der Waals surface area contributed by atoms with Gasteiger partial charge in [-0.05, 0) is 6.92 Å². The largest absolute Gasteiger partial charge is 0.317 e. The number of hydrogen-bond donors (Lipinski definition) is 1. The van der Waals surface area contributed by atoms with Gasteiger partial charge in [-0.25, -0.2) is 0 Å². The molecule has 0 aliphatic carbocycles. The Morgan fingerprint density at radius 2 is 2.21 bits per heavy atom. The van der Waals surface area contributed by atoms with Crippen molar-refractivity contribution in [1.82, 2.24) is 25.0 Å². The highest BCUT2D eigenvalue weighted by Crippen LogP contribution is 2.02. The average Bonchev–Trinajstić information content (AvgIpc) is 2.67. The van der Waals surface area contributed by atoms with E-state index in [4.69, 9.17) is 0 Å². The molecule has 2 heterocycles. The Morgan fingerprint density at radius 3 is 2.93 bits per heavy atom. The predicted octanol–water partition coefficient (Wildman–Crippen LogP) is -0.297. The molecule has 2 rings (SSSR count). The van der Waals surface area contributed by atoms with E-state index in [1.807, 2.05) is 0 Å². The number of nitrogens with one attached hydrogen (secondary N) is 1. The van der Waals surface area contributed by atoms with Gasteiger partial charge in [-0.15, -0.1) is 10.2 Å². The number of nitrogens with zero attached hydrogens (tertiary/aromatic N) is 4. The van der Waals surface area contributed by atoms with Crippen molar-refractivity contribution < 1.29 is 0 Å². The summed E-state index contributed by atoms with van der Waals surface area (Å²) in [4.78, 5) is 2.41. The van der Waals surface area contributed by atoms with Gasteiger partial charge < -0.3 is 9.88 Å². The summed E-state index contributed by atoms with van der Waals surface area (Å²) in [6.45, 7) is 8.38. The van der Waals surface area contributed by atoms with Crippen LogP contribution in [-0.2, 0) is 13.1 Å². The minimum Gasteiger partial charge on any atom is -0.317 e. The smallest absolute Gasteiger partial charge is 0.146 e. The van der Waals surface area contributed by atoms with Gasteiger partial charge in [0.25, 0.3) is 0 Å². The lowest BCUT2D eigenvalue weighted by molar-refractivity contribution is 0.225. The molecule has 1 aliphatic heterocycles. The highest BCUT2D eigenvalue weighted by Gasteiger charge is 2.12. The van der Waals surface area contributed by atoms with Crippen molar-refractivity contribution in [2.75, 3.05) is 26.2 Å². The van der Waals surface area contributed by atoms with Crippen LogP contribution in [0.3, 0.4) is 0 Å².